The maximum absolute atomic E-state index is 12.6. The van der Waals surface area contributed by atoms with E-state index in [2.05, 4.69) is 59.3 Å². The van der Waals surface area contributed by atoms with Crippen LogP contribution < -0.4 is 5.32 Å². The fraction of sp³-hybridized carbons (Fsp3) is 0.682. The monoisotopic (exact) mass is 388 g/mol. The maximum Gasteiger partial charge on any atom is 0.317 e. The molecule has 2 fully saturated rings. The molecule has 28 heavy (non-hydrogen) atoms. The number of nitrogens with zero attached hydrogens (tertiary/aromatic N) is 3. The number of carbonyl (C=O) groups excluding carboxylic acids is 1. The van der Waals surface area contributed by atoms with E-state index in [9.17, 15) is 4.79 Å². The molecule has 3 rings (SSSR count). The lowest BCUT2D eigenvalue weighted by Crippen LogP contribution is -2.50. The normalized spacial score (nSPS) is 22.2. The summed E-state index contributed by atoms with van der Waals surface area (Å²) in [7, 11) is 0. The summed E-state index contributed by atoms with van der Waals surface area (Å²) in [5.74, 6) is 0.657. The number of hydrogen-bond donors (Lipinski definition) is 1. The molecule has 0 radical (unpaired) electrons. The van der Waals surface area contributed by atoms with Gasteiger partial charge in [-0.3, -0.25) is 9.80 Å². The minimum Gasteiger partial charge on any atom is -0.374 e. The number of amides is 2. The molecule has 2 aliphatic rings. The van der Waals surface area contributed by atoms with Crippen molar-refractivity contribution in [2.45, 2.75) is 32.9 Å². The first-order valence-corrected chi connectivity index (χ1v) is 10.7. The number of urea groups is 1. The van der Waals surface area contributed by atoms with Gasteiger partial charge in [-0.25, -0.2) is 4.79 Å². The second-order valence-corrected chi connectivity index (χ2v) is 8.43. The molecule has 2 amide bonds. The van der Waals surface area contributed by atoms with Gasteiger partial charge in [0.1, 0.15) is 0 Å². The van der Waals surface area contributed by atoms with E-state index in [1.807, 2.05) is 4.90 Å². The third kappa shape index (κ3) is 6.76. The third-order valence-corrected chi connectivity index (χ3v) is 5.45. The van der Waals surface area contributed by atoms with Gasteiger partial charge in [-0.15, -0.1) is 0 Å². The van der Waals surface area contributed by atoms with E-state index in [-0.39, 0.29) is 12.1 Å². The van der Waals surface area contributed by atoms with E-state index >= 15 is 0 Å². The van der Waals surface area contributed by atoms with Crippen molar-refractivity contribution in [2.75, 3.05) is 59.0 Å². The van der Waals surface area contributed by atoms with Crippen molar-refractivity contribution in [1.29, 1.82) is 0 Å². The van der Waals surface area contributed by atoms with Gasteiger partial charge in [0, 0.05) is 58.9 Å². The molecule has 6 heteroatoms. The minimum absolute atomic E-state index is 0.0474. The van der Waals surface area contributed by atoms with Crippen LogP contribution in [0.3, 0.4) is 0 Å². The van der Waals surface area contributed by atoms with Crippen LogP contribution in [0.15, 0.2) is 30.3 Å². The molecule has 1 aromatic carbocycles. The highest BCUT2D eigenvalue weighted by Crippen LogP contribution is 2.10. The molecule has 0 bridgehead atoms. The Morgan fingerprint density at radius 2 is 1.93 bits per heavy atom. The molecule has 2 saturated heterocycles. The summed E-state index contributed by atoms with van der Waals surface area (Å²) in [6.45, 7) is 13.3. The molecule has 1 unspecified atom stereocenters. The minimum atomic E-state index is 0.0474. The van der Waals surface area contributed by atoms with Gasteiger partial charge in [-0.2, -0.15) is 0 Å². The van der Waals surface area contributed by atoms with Crippen LogP contribution in [0.2, 0.25) is 0 Å². The molecule has 1 aromatic rings. The summed E-state index contributed by atoms with van der Waals surface area (Å²) < 4.78 is 5.85. The lowest BCUT2D eigenvalue weighted by atomic mass is 10.2. The van der Waals surface area contributed by atoms with E-state index in [1.165, 1.54) is 5.56 Å². The average Bonchev–Trinajstić information content (AvgIpc) is 2.92. The summed E-state index contributed by atoms with van der Waals surface area (Å²) in [5, 5.41) is 3.11. The van der Waals surface area contributed by atoms with Crippen LogP contribution in [0, 0.1) is 5.92 Å². The smallest absolute Gasteiger partial charge is 0.317 e. The van der Waals surface area contributed by atoms with Crippen molar-refractivity contribution >= 4 is 6.03 Å². The molecule has 0 saturated carbocycles. The Kier molecular flexibility index (Phi) is 8.13. The van der Waals surface area contributed by atoms with E-state index in [0.717, 1.165) is 65.4 Å². The van der Waals surface area contributed by atoms with Gasteiger partial charge in [0.25, 0.3) is 0 Å². The van der Waals surface area contributed by atoms with Crippen LogP contribution in [0.25, 0.3) is 0 Å². The highest BCUT2D eigenvalue weighted by molar-refractivity contribution is 5.74. The van der Waals surface area contributed by atoms with Gasteiger partial charge in [0.2, 0.25) is 0 Å². The zero-order chi connectivity index (χ0) is 19.8. The lowest BCUT2D eigenvalue weighted by molar-refractivity contribution is -0.0294. The number of hydrogen-bond acceptors (Lipinski definition) is 4. The fourth-order valence-electron chi connectivity index (χ4n) is 4.07. The first-order valence-electron chi connectivity index (χ1n) is 10.7. The third-order valence-electron chi connectivity index (χ3n) is 5.45. The molecular formula is C22H36N4O2. The van der Waals surface area contributed by atoms with Crippen LogP contribution in [0.1, 0.15) is 25.8 Å². The Hall–Kier alpha value is -1.63. The Morgan fingerprint density at radius 3 is 2.71 bits per heavy atom. The quantitative estimate of drug-likeness (QED) is 0.812. The van der Waals surface area contributed by atoms with Gasteiger partial charge >= 0.3 is 6.03 Å². The summed E-state index contributed by atoms with van der Waals surface area (Å²) in [5.41, 5.74) is 1.33. The largest absolute Gasteiger partial charge is 0.374 e. The van der Waals surface area contributed by atoms with Gasteiger partial charge in [0.15, 0.2) is 0 Å². The average molecular weight is 389 g/mol. The van der Waals surface area contributed by atoms with E-state index in [1.54, 1.807) is 0 Å². The molecule has 0 spiro atoms. The zero-order valence-corrected chi connectivity index (χ0v) is 17.5. The molecule has 1 atom stereocenters. The number of benzene rings is 1. The number of rotatable bonds is 6. The zero-order valence-electron chi connectivity index (χ0n) is 17.5. The van der Waals surface area contributed by atoms with E-state index in [0.29, 0.717) is 12.5 Å². The van der Waals surface area contributed by atoms with Gasteiger partial charge in [-0.1, -0.05) is 44.2 Å². The lowest BCUT2D eigenvalue weighted by Gasteiger charge is -2.34. The van der Waals surface area contributed by atoms with Gasteiger partial charge in [-0.05, 0) is 17.9 Å². The molecule has 0 aromatic heterocycles. The number of carbonyl (C=O) groups is 1. The summed E-state index contributed by atoms with van der Waals surface area (Å²) in [6, 6.07) is 10.6. The second-order valence-electron chi connectivity index (χ2n) is 8.43. The highest BCUT2D eigenvalue weighted by Gasteiger charge is 2.23. The van der Waals surface area contributed by atoms with Gasteiger partial charge < -0.3 is 15.0 Å². The molecule has 1 N–H and O–H groups in total. The van der Waals surface area contributed by atoms with Crippen molar-refractivity contribution < 1.29 is 9.53 Å². The summed E-state index contributed by atoms with van der Waals surface area (Å²) >= 11 is 0. The molecule has 2 heterocycles. The topological polar surface area (TPSA) is 48.1 Å². The van der Waals surface area contributed by atoms with Crippen LogP contribution in [-0.4, -0.2) is 85.8 Å². The standard InChI is InChI=1S/C22H36N4O2/c1-19(2)16-25-13-14-28-21(18-25)15-23-22(27)26-10-6-9-24(11-12-26)17-20-7-4-3-5-8-20/h3-5,7-8,19,21H,6,9-18H2,1-2H3,(H,23,27). The van der Waals surface area contributed by atoms with Crippen LogP contribution in [0.5, 0.6) is 0 Å². The van der Waals surface area contributed by atoms with Crippen molar-refractivity contribution in [1.82, 2.24) is 20.0 Å². The number of morpholine rings is 1. The molecule has 0 aliphatic carbocycles. The summed E-state index contributed by atoms with van der Waals surface area (Å²) in [6.07, 6.45) is 1.11. The first kappa shape index (κ1) is 21.1. The molecule has 2 aliphatic heterocycles. The van der Waals surface area contributed by atoms with Crippen molar-refractivity contribution in [2.24, 2.45) is 5.92 Å². The first-order chi connectivity index (χ1) is 13.6. The molecule has 156 valence electrons. The fourth-order valence-corrected chi connectivity index (χ4v) is 4.07. The SMILES string of the molecule is CC(C)CN1CCOC(CNC(=O)N2CCCN(Cc3ccccc3)CC2)C1. The molecular weight excluding hydrogens is 352 g/mol. The Balaban J connectivity index is 1.40. The van der Waals surface area contributed by atoms with Crippen LogP contribution in [-0.2, 0) is 11.3 Å². The Bertz CT molecular complexity index is 595. The van der Waals surface area contributed by atoms with Crippen molar-refractivity contribution in [3.63, 3.8) is 0 Å². The Labute approximate surface area is 169 Å². The second kappa shape index (κ2) is 10.8. The Morgan fingerprint density at radius 1 is 1.11 bits per heavy atom. The highest BCUT2D eigenvalue weighted by atomic mass is 16.5. The van der Waals surface area contributed by atoms with Gasteiger partial charge in [0.05, 0.1) is 12.7 Å². The van der Waals surface area contributed by atoms with Crippen LogP contribution >= 0.6 is 0 Å². The maximum atomic E-state index is 12.6. The van der Waals surface area contributed by atoms with Crippen molar-refractivity contribution in [3.8, 4) is 0 Å². The number of ether oxygens (including phenoxy) is 1. The van der Waals surface area contributed by atoms with Crippen LogP contribution in [0.4, 0.5) is 4.79 Å². The number of nitrogens with one attached hydrogen (secondary N) is 1. The van der Waals surface area contributed by atoms with E-state index < -0.39 is 0 Å². The predicted molar refractivity (Wildman–Crippen MR) is 112 cm³/mol. The molecule has 6 nitrogen and oxygen atoms in total. The van der Waals surface area contributed by atoms with Crippen molar-refractivity contribution in [3.05, 3.63) is 35.9 Å². The van der Waals surface area contributed by atoms with E-state index in [4.69, 9.17) is 4.74 Å². The predicted octanol–water partition coefficient (Wildman–Crippen LogP) is 2.26. The summed E-state index contributed by atoms with van der Waals surface area (Å²) in [4.78, 5) is 19.5.